The Kier molecular flexibility index (Phi) is 3.84. The van der Waals surface area contributed by atoms with Gasteiger partial charge < -0.3 is 20.9 Å². The van der Waals surface area contributed by atoms with Crippen LogP contribution in [0.25, 0.3) is 0 Å². The van der Waals surface area contributed by atoms with Gasteiger partial charge >= 0.3 is 13.1 Å². The molecule has 6 heteroatoms. The van der Waals surface area contributed by atoms with E-state index in [-0.39, 0.29) is 6.42 Å². The minimum absolute atomic E-state index is 0.219. The Hall–Kier alpha value is -1.37. The third-order valence-corrected chi connectivity index (χ3v) is 2.05. The highest BCUT2D eigenvalue weighted by Crippen LogP contribution is 2.01. The summed E-state index contributed by atoms with van der Waals surface area (Å²) < 4.78 is 0. The first kappa shape index (κ1) is 11.7. The lowest BCUT2D eigenvalue weighted by atomic mass is 9.26. The van der Waals surface area contributed by atoms with Crippen LogP contribution in [-0.2, 0) is 11.2 Å². The van der Waals surface area contributed by atoms with Gasteiger partial charge in [0.1, 0.15) is 6.04 Å². The highest BCUT2D eigenvalue weighted by Gasteiger charge is 2.13. The topological polar surface area (TPSA) is 104 Å². The quantitative estimate of drug-likeness (QED) is 0.442. The zero-order valence-electron chi connectivity index (χ0n) is 8.00. The molecule has 0 amide bonds. The molecule has 0 unspecified atom stereocenters. The zero-order valence-corrected chi connectivity index (χ0v) is 8.00. The van der Waals surface area contributed by atoms with Gasteiger partial charge in [0.15, 0.2) is 0 Å². The van der Waals surface area contributed by atoms with Crippen molar-refractivity contribution in [1.29, 1.82) is 0 Å². The van der Waals surface area contributed by atoms with Crippen molar-refractivity contribution in [3.05, 3.63) is 29.8 Å². The molecule has 1 atom stereocenters. The lowest BCUT2D eigenvalue weighted by Gasteiger charge is -2.07. The molecule has 5 nitrogen and oxygen atoms in total. The molecule has 0 aliphatic carbocycles. The van der Waals surface area contributed by atoms with Crippen LogP contribution < -0.4 is 11.2 Å². The molecule has 0 saturated carbocycles. The second-order valence-corrected chi connectivity index (χ2v) is 3.26. The largest absolute Gasteiger partial charge is 0.488 e. The van der Waals surface area contributed by atoms with E-state index in [9.17, 15) is 4.79 Å². The van der Waals surface area contributed by atoms with E-state index in [0.717, 1.165) is 5.56 Å². The molecule has 15 heavy (non-hydrogen) atoms. The summed E-state index contributed by atoms with van der Waals surface area (Å²) in [6.45, 7) is 0. The highest BCUT2D eigenvalue weighted by molar-refractivity contribution is 6.58. The summed E-state index contributed by atoms with van der Waals surface area (Å²) in [6, 6.07) is 5.35. The standard InChI is InChI=1S/C9H12BNO4/c11-8(9(12)13)5-6-1-3-7(4-2-6)10(14)15/h1-4,8,14-15H,5,11H2,(H,12,13)/t8-/m0/s1/i10-1. The van der Waals surface area contributed by atoms with Crippen LogP contribution in [0.15, 0.2) is 24.3 Å². The van der Waals surface area contributed by atoms with Crippen molar-refractivity contribution in [1.82, 2.24) is 0 Å². The number of aliphatic carboxylic acids is 1. The Labute approximate surface area is 87.3 Å². The molecule has 0 spiro atoms. The minimum Gasteiger partial charge on any atom is -0.480 e. The van der Waals surface area contributed by atoms with E-state index >= 15 is 0 Å². The normalized spacial score (nSPS) is 12.2. The highest BCUT2D eigenvalue weighted by atomic mass is 16.4. The molecule has 1 rings (SSSR count). The van der Waals surface area contributed by atoms with Crippen molar-refractivity contribution < 1.29 is 19.9 Å². The van der Waals surface area contributed by atoms with E-state index < -0.39 is 19.1 Å². The maximum absolute atomic E-state index is 10.5. The second-order valence-electron chi connectivity index (χ2n) is 3.26. The van der Waals surface area contributed by atoms with E-state index in [1.54, 1.807) is 12.1 Å². The summed E-state index contributed by atoms with van der Waals surface area (Å²) in [5, 5.41) is 26.2. The van der Waals surface area contributed by atoms with Gasteiger partial charge in [0.05, 0.1) is 0 Å². The van der Waals surface area contributed by atoms with Crippen molar-refractivity contribution in [3.63, 3.8) is 0 Å². The van der Waals surface area contributed by atoms with Gasteiger partial charge in [-0.3, -0.25) is 4.79 Å². The number of benzene rings is 1. The lowest BCUT2D eigenvalue weighted by molar-refractivity contribution is -0.138. The van der Waals surface area contributed by atoms with Gasteiger partial charge in [-0.1, -0.05) is 24.3 Å². The first-order chi connectivity index (χ1) is 7.00. The first-order valence-electron chi connectivity index (χ1n) is 4.44. The summed E-state index contributed by atoms with van der Waals surface area (Å²) in [5.41, 5.74) is 6.46. The van der Waals surface area contributed by atoms with E-state index in [2.05, 4.69) is 0 Å². The maximum Gasteiger partial charge on any atom is 0.488 e. The van der Waals surface area contributed by atoms with E-state index in [1.165, 1.54) is 12.1 Å². The fourth-order valence-electron chi connectivity index (χ4n) is 1.17. The number of carbonyl (C=O) groups is 1. The fourth-order valence-corrected chi connectivity index (χ4v) is 1.17. The van der Waals surface area contributed by atoms with Gasteiger partial charge in [-0.2, -0.15) is 0 Å². The van der Waals surface area contributed by atoms with Crippen LogP contribution in [-0.4, -0.2) is 34.3 Å². The smallest absolute Gasteiger partial charge is 0.480 e. The predicted molar refractivity (Wildman–Crippen MR) is 55.6 cm³/mol. The molecule has 1 aromatic carbocycles. The molecule has 1 aromatic rings. The van der Waals surface area contributed by atoms with E-state index in [1.807, 2.05) is 0 Å². The molecule has 80 valence electrons. The summed E-state index contributed by atoms with van der Waals surface area (Å²) in [5.74, 6) is -1.05. The van der Waals surface area contributed by atoms with Crippen molar-refractivity contribution in [2.45, 2.75) is 12.5 Å². The molecule has 0 aromatic heterocycles. The summed E-state index contributed by atoms with van der Waals surface area (Å²) in [6.07, 6.45) is 0.219. The Balaban J connectivity index is 2.68. The molecule has 0 bridgehead atoms. The number of hydrogen-bond acceptors (Lipinski definition) is 4. The molecular formula is C9H12BNO4. The summed E-state index contributed by atoms with van der Waals surface area (Å²) in [7, 11) is -1.51. The summed E-state index contributed by atoms with van der Waals surface area (Å²) in [4.78, 5) is 10.5. The Morgan fingerprint density at radius 3 is 2.27 bits per heavy atom. The third-order valence-electron chi connectivity index (χ3n) is 2.05. The van der Waals surface area contributed by atoms with Crippen LogP contribution >= 0.6 is 0 Å². The molecule has 0 saturated heterocycles. The molecule has 0 radical (unpaired) electrons. The second kappa shape index (κ2) is 4.93. The van der Waals surface area contributed by atoms with Gasteiger partial charge in [0.25, 0.3) is 0 Å². The average molecular weight is 208 g/mol. The number of rotatable bonds is 4. The monoisotopic (exact) mass is 208 g/mol. The number of carboxylic acids is 1. The Morgan fingerprint density at radius 2 is 1.87 bits per heavy atom. The van der Waals surface area contributed by atoms with Gasteiger partial charge in [-0.25, -0.2) is 0 Å². The van der Waals surface area contributed by atoms with Gasteiger partial charge in [0.2, 0.25) is 0 Å². The van der Waals surface area contributed by atoms with Crippen molar-refractivity contribution in [3.8, 4) is 0 Å². The molecule has 0 aliphatic heterocycles. The average Bonchev–Trinajstić information content (AvgIpc) is 2.18. The number of nitrogens with two attached hydrogens (primary N) is 1. The van der Waals surface area contributed by atoms with Gasteiger partial charge in [-0.05, 0) is 17.4 Å². The summed E-state index contributed by atoms with van der Waals surface area (Å²) >= 11 is 0. The Bertz CT molecular complexity index is 338. The molecule has 0 fully saturated rings. The van der Waals surface area contributed by atoms with Gasteiger partial charge in [-0.15, -0.1) is 0 Å². The molecular weight excluding hydrogens is 196 g/mol. The van der Waals surface area contributed by atoms with Crippen LogP contribution in [0, 0.1) is 0 Å². The van der Waals surface area contributed by atoms with Crippen LogP contribution in [0.5, 0.6) is 0 Å². The Morgan fingerprint density at radius 1 is 1.33 bits per heavy atom. The number of carboxylic acid groups (broad SMARTS) is 1. The van der Waals surface area contributed by atoms with Crippen LogP contribution in [0.2, 0.25) is 0 Å². The maximum atomic E-state index is 10.5. The third kappa shape index (κ3) is 3.36. The molecule has 0 aliphatic rings. The molecule has 0 heterocycles. The van der Waals surface area contributed by atoms with Crippen LogP contribution in [0.1, 0.15) is 5.56 Å². The van der Waals surface area contributed by atoms with Crippen LogP contribution in [0.4, 0.5) is 0 Å². The fraction of sp³-hybridized carbons (Fsp3) is 0.222. The zero-order chi connectivity index (χ0) is 11.4. The molecule has 5 N–H and O–H groups in total. The lowest BCUT2D eigenvalue weighted by Crippen LogP contribution is -2.33. The predicted octanol–water partition coefficient (Wildman–Crippen LogP) is -1.68. The number of hydrogen-bond donors (Lipinski definition) is 4. The SMILES string of the molecule is N[C@@H](Cc1ccc([10B](O)O)cc1)C(=O)O. The minimum atomic E-state index is -1.51. The van der Waals surface area contributed by atoms with E-state index in [0.29, 0.717) is 5.46 Å². The van der Waals surface area contributed by atoms with Crippen molar-refractivity contribution >= 4 is 18.6 Å². The first-order valence-corrected chi connectivity index (χ1v) is 4.44. The van der Waals surface area contributed by atoms with Crippen molar-refractivity contribution in [2.24, 2.45) is 5.73 Å². The van der Waals surface area contributed by atoms with Gasteiger partial charge in [0, 0.05) is 0 Å². The van der Waals surface area contributed by atoms with Crippen LogP contribution in [0.3, 0.4) is 0 Å². The van der Waals surface area contributed by atoms with Crippen molar-refractivity contribution in [2.75, 3.05) is 0 Å². The van der Waals surface area contributed by atoms with E-state index in [4.69, 9.17) is 20.9 Å².